The standard InChI is InChI=1S/C24H25N7O3/c1-14-26-12-20(34-14)16-6-8-25-21(10-16)29-24(33)31-17-7-9-30(13-17)19-5-4-18(28-22(19)31)23(32)27-11-15-2-3-15/h4-6,8,10,12,15,17H,2-3,7,9,11,13H2,1H3,(H,27,32)(H,25,29,33). The van der Waals surface area contributed by atoms with Crippen LogP contribution in [-0.4, -0.2) is 52.6 Å². The van der Waals surface area contributed by atoms with Crippen LogP contribution >= 0.6 is 0 Å². The Morgan fingerprint density at radius 2 is 2.06 bits per heavy atom. The summed E-state index contributed by atoms with van der Waals surface area (Å²) in [4.78, 5) is 43.1. The minimum absolute atomic E-state index is 0.0233. The highest BCUT2D eigenvalue weighted by Crippen LogP contribution is 2.39. The number of carbonyl (C=O) groups is 2. The van der Waals surface area contributed by atoms with Crippen LogP contribution in [0.3, 0.4) is 0 Å². The maximum atomic E-state index is 13.5. The average molecular weight is 460 g/mol. The predicted octanol–water partition coefficient (Wildman–Crippen LogP) is 3.21. The van der Waals surface area contributed by atoms with Gasteiger partial charge in [-0.1, -0.05) is 0 Å². The van der Waals surface area contributed by atoms with Crippen LogP contribution in [0.4, 0.5) is 22.1 Å². The molecule has 1 unspecified atom stereocenters. The lowest BCUT2D eigenvalue weighted by molar-refractivity contribution is 0.0947. The number of nitrogens with zero attached hydrogens (tertiary/aromatic N) is 5. The molecule has 0 aromatic carbocycles. The maximum absolute atomic E-state index is 13.5. The number of carbonyl (C=O) groups excluding carboxylic acids is 2. The van der Waals surface area contributed by atoms with Gasteiger partial charge >= 0.3 is 6.03 Å². The van der Waals surface area contributed by atoms with Crippen molar-refractivity contribution in [2.45, 2.75) is 32.2 Å². The van der Waals surface area contributed by atoms with Crippen LogP contribution in [0.25, 0.3) is 11.3 Å². The Morgan fingerprint density at radius 1 is 1.18 bits per heavy atom. The fourth-order valence-corrected chi connectivity index (χ4v) is 4.56. The van der Waals surface area contributed by atoms with E-state index in [4.69, 9.17) is 4.42 Å². The summed E-state index contributed by atoms with van der Waals surface area (Å²) in [5.41, 5.74) is 1.95. The van der Waals surface area contributed by atoms with Crippen LogP contribution in [-0.2, 0) is 0 Å². The van der Waals surface area contributed by atoms with Gasteiger partial charge in [0.2, 0.25) is 0 Å². The van der Waals surface area contributed by atoms with Gasteiger partial charge in [0.1, 0.15) is 11.5 Å². The number of anilines is 3. The van der Waals surface area contributed by atoms with Crippen LogP contribution in [0.1, 0.15) is 35.6 Å². The van der Waals surface area contributed by atoms with Crippen molar-refractivity contribution in [3.63, 3.8) is 0 Å². The summed E-state index contributed by atoms with van der Waals surface area (Å²) in [7, 11) is 0. The second kappa shape index (κ2) is 8.12. The number of oxazole rings is 1. The van der Waals surface area contributed by atoms with Crippen molar-refractivity contribution in [1.82, 2.24) is 20.3 Å². The molecule has 6 rings (SSSR count). The maximum Gasteiger partial charge on any atom is 0.329 e. The van der Waals surface area contributed by atoms with E-state index in [1.165, 1.54) is 0 Å². The minimum atomic E-state index is -0.325. The fourth-order valence-electron chi connectivity index (χ4n) is 4.56. The SMILES string of the molecule is Cc1ncc(-c2ccnc(NC(=O)N3c4nc(C(=O)NCC5CC5)ccc4N4CCC3C4)c2)o1. The summed E-state index contributed by atoms with van der Waals surface area (Å²) in [6.07, 6.45) is 6.41. The molecule has 2 N–H and O–H groups in total. The lowest BCUT2D eigenvalue weighted by atomic mass is 10.1. The third-order valence-electron chi connectivity index (χ3n) is 6.55. The quantitative estimate of drug-likeness (QED) is 0.602. The number of pyridine rings is 2. The van der Waals surface area contributed by atoms with Gasteiger partial charge in [-0.2, -0.15) is 0 Å². The fraction of sp³-hybridized carbons (Fsp3) is 0.375. The molecule has 34 heavy (non-hydrogen) atoms. The molecule has 3 amide bonds. The smallest absolute Gasteiger partial charge is 0.329 e. The number of urea groups is 1. The Bertz CT molecular complexity index is 1270. The number of aromatic nitrogens is 3. The van der Waals surface area contributed by atoms with Crippen molar-refractivity contribution >= 4 is 29.3 Å². The number of hydrogen-bond acceptors (Lipinski definition) is 7. The van der Waals surface area contributed by atoms with Gasteiger partial charge in [0, 0.05) is 38.3 Å². The number of fused-ring (bicyclic) bond motifs is 4. The number of nitrogens with one attached hydrogen (secondary N) is 2. The van der Waals surface area contributed by atoms with Crippen molar-refractivity contribution in [3.05, 3.63) is 48.2 Å². The van der Waals surface area contributed by atoms with E-state index in [2.05, 4.69) is 30.5 Å². The Kier molecular flexibility index (Phi) is 4.93. The van der Waals surface area contributed by atoms with Crippen LogP contribution in [0.5, 0.6) is 0 Å². The Morgan fingerprint density at radius 3 is 2.85 bits per heavy atom. The Labute approximate surface area is 196 Å². The molecule has 10 nitrogen and oxygen atoms in total. The van der Waals surface area contributed by atoms with Crippen LogP contribution in [0.15, 0.2) is 41.1 Å². The molecule has 3 aromatic rings. The minimum Gasteiger partial charge on any atom is -0.441 e. The largest absolute Gasteiger partial charge is 0.441 e. The molecule has 5 heterocycles. The van der Waals surface area contributed by atoms with Crippen LogP contribution in [0, 0.1) is 12.8 Å². The molecule has 1 saturated heterocycles. The molecule has 0 spiro atoms. The van der Waals surface area contributed by atoms with E-state index in [0.717, 1.165) is 43.6 Å². The lowest BCUT2D eigenvalue weighted by Crippen LogP contribution is -2.48. The summed E-state index contributed by atoms with van der Waals surface area (Å²) in [5.74, 6) is 2.45. The second-order valence-electron chi connectivity index (χ2n) is 9.05. The summed E-state index contributed by atoms with van der Waals surface area (Å²) >= 11 is 0. The summed E-state index contributed by atoms with van der Waals surface area (Å²) in [6.45, 7) is 4.03. The van der Waals surface area contributed by atoms with Gasteiger partial charge in [-0.25, -0.2) is 19.7 Å². The van der Waals surface area contributed by atoms with E-state index in [1.54, 1.807) is 42.4 Å². The first-order valence-corrected chi connectivity index (χ1v) is 11.6. The van der Waals surface area contributed by atoms with Crippen molar-refractivity contribution in [2.24, 2.45) is 5.92 Å². The van der Waals surface area contributed by atoms with E-state index >= 15 is 0 Å². The normalized spacial score (nSPS) is 18.6. The number of amides is 3. The molecule has 3 aromatic heterocycles. The highest BCUT2D eigenvalue weighted by Gasteiger charge is 2.40. The predicted molar refractivity (Wildman–Crippen MR) is 126 cm³/mol. The van der Waals surface area contributed by atoms with Gasteiger partial charge in [0.15, 0.2) is 17.5 Å². The van der Waals surface area contributed by atoms with Gasteiger partial charge in [-0.15, -0.1) is 0 Å². The molecule has 0 radical (unpaired) electrons. The molecule has 2 bridgehead atoms. The average Bonchev–Trinajstić information content (AvgIpc) is 3.43. The number of aryl methyl sites for hydroxylation is 1. The Hall–Kier alpha value is -3.95. The second-order valence-corrected chi connectivity index (χ2v) is 9.05. The van der Waals surface area contributed by atoms with Gasteiger partial charge < -0.3 is 14.6 Å². The van der Waals surface area contributed by atoms with E-state index in [0.29, 0.717) is 41.4 Å². The van der Waals surface area contributed by atoms with Crippen LogP contribution < -0.4 is 20.4 Å². The first kappa shape index (κ1) is 20.6. The van der Waals surface area contributed by atoms with Gasteiger partial charge in [-0.3, -0.25) is 15.0 Å². The molecular formula is C24H25N7O3. The third-order valence-corrected chi connectivity index (χ3v) is 6.55. The van der Waals surface area contributed by atoms with E-state index < -0.39 is 0 Å². The highest BCUT2D eigenvalue weighted by atomic mass is 16.4. The van der Waals surface area contributed by atoms with Crippen molar-refractivity contribution < 1.29 is 14.0 Å². The molecule has 2 fully saturated rings. The third kappa shape index (κ3) is 3.85. The van der Waals surface area contributed by atoms with E-state index in [-0.39, 0.29) is 18.0 Å². The molecular weight excluding hydrogens is 434 g/mol. The van der Waals surface area contributed by atoms with Crippen molar-refractivity contribution in [2.75, 3.05) is 34.8 Å². The molecule has 2 aliphatic heterocycles. The lowest BCUT2D eigenvalue weighted by Gasteiger charge is -2.35. The molecule has 10 heteroatoms. The highest BCUT2D eigenvalue weighted by molar-refractivity contribution is 6.05. The number of hydrogen-bond donors (Lipinski definition) is 2. The van der Waals surface area contributed by atoms with Gasteiger partial charge in [0.25, 0.3) is 5.91 Å². The summed E-state index contributed by atoms with van der Waals surface area (Å²) < 4.78 is 5.59. The first-order chi connectivity index (χ1) is 16.5. The topological polar surface area (TPSA) is 116 Å². The molecule has 3 aliphatic rings. The summed E-state index contributed by atoms with van der Waals surface area (Å²) in [5, 5.41) is 5.86. The van der Waals surface area contributed by atoms with Crippen LogP contribution in [0.2, 0.25) is 0 Å². The van der Waals surface area contributed by atoms with Gasteiger partial charge in [0.05, 0.1) is 17.9 Å². The molecule has 1 saturated carbocycles. The first-order valence-electron chi connectivity index (χ1n) is 11.6. The van der Waals surface area contributed by atoms with Gasteiger partial charge in [-0.05, 0) is 49.4 Å². The molecule has 174 valence electrons. The van der Waals surface area contributed by atoms with E-state index in [9.17, 15) is 9.59 Å². The molecule has 1 aliphatic carbocycles. The molecule has 1 atom stereocenters. The monoisotopic (exact) mass is 459 g/mol. The number of rotatable bonds is 5. The zero-order valence-electron chi connectivity index (χ0n) is 18.8. The van der Waals surface area contributed by atoms with E-state index in [1.807, 2.05) is 6.07 Å². The summed E-state index contributed by atoms with van der Waals surface area (Å²) in [6, 6.07) is 6.83. The zero-order valence-corrected chi connectivity index (χ0v) is 18.8. The van der Waals surface area contributed by atoms with Crippen molar-refractivity contribution in [3.8, 4) is 11.3 Å². The van der Waals surface area contributed by atoms with Crippen molar-refractivity contribution in [1.29, 1.82) is 0 Å². The zero-order chi connectivity index (χ0) is 23.2. The Balaban J connectivity index is 1.26.